The Balaban J connectivity index is 1.93. The molecule has 1 aliphatic rings. The van der Waals surface area contributed by atoms with Gasteiger partial charge in [-0.25, -0.2) is 4.98 Å². The fraction of sp³-hybridized carbons (Fsp3) is 0.727. The smallest absolute Gasteiger partial charge is 0.106 e. The van der Waals surface area contributed by atoms with Gasteiger partial charge in [-0.05, 0) is 13.8 Å². The van der Waals surface area contributed by atoms with Crippen molar-refractivity contribution < 1.29 is 4.74 Å². The third-order valence-corrected chi connectivity index (χ3v) is 3.57. The van der Waals surface area contributed by atoms with Crippen LogP contribution in [0.15, 0.2) is 5.38 Å². The van der Waals surface area contributed by atoms with Crippen LogP contribution in [0.4, 0.5) is 0 Å². The van der Waals surface area contributed by atoms with E-state index >= 15 is 0 Å². The van der Waals surface area contributed by atoms with Crippen molar-refractivity contribution in [1.29, 1.82) is 0 Å². The number of morpholine rings is 1. The predicted molar refractivity (Wildman–Crippen MR) is 65.3 cm³/mol. The van der Waals surface area contributed by atoms with E-state index in [1.165, 1.54) is 0 Å². The molecule has 0 amide bonds. The third kappa shape index (κ3) is 3.01. The summed E-state index contributed by atoms with van der Waals surface area (Å²) in [6.07, 6.45) is 0.632. The van der Waals surface area contributed by atoms with Crippen LogP contribution in [0.1, 0.15) is 24.5 Å². The van der Waals surface area contributed by atoms with Gasteiger partial charge in [0.25, 0.3) is 0 Å². The Morgan fingerprint density at radius 3 is 2.75 bits per heavy atom. The first-order chi connectivity index (χ1) is 7.67. The van der Waals surface area contributed by atoms with Crippen molar-refractivity contribution in [2.75, 3.05) is 13.1 Å². The monoisotopic (exact) mass is 241 g/mol. The first-order valence-electron chi connectivity index (χ1n) is 5.68. The molecule has 0 radical (unpaired) electrons. The normalized spacial score (nSPS) is 27.2. The molecule has 2 rings (SSSR count). The fourth-order valence-electron chi connectivity index (χ4n) is 2.16. The standard InChI is InChI=1S/C11H19N3OS/c1-8-4-14(5-9(2)15-8)6-10-7-16-11(3-12)13-10/h7-9H,3-6,12H2,1-2H3/t8-,9+. The van der Waals surface area contributed by atoms with Crippen LogP contribution in [0.3, 0.4) is 0 Å². The van der Waals surface area contributed by atoms with Gasteiger partial charge < -0.3 is 10.5 Å². The van der Waals surface area contributed by atoms with E-state index in [4.69, 9.17) is 10.5 Å². The Morgan fingerprint density at radius 1 is 1.50 bits per heavy atom. The molecule has 1 aromatic heterocycles. The van der Waals surface area contributed by atoms with Crippen molar-refractivity contribution in [1.82, 2.24) is 9.88 Å². The van der Waals surface area contributed by atoms with E-state index in [9.17, 15) is 0 Å². The highest BCUT2D eigenvalue weighted by Crippen LogP contribution is 2.15. The molecule has 5 heteroatoms. The topological polar surface area (TPSA) is 51.4 Å². The van der Waals surface area contributed by atoms with Gasteiger partial charge in [-0.2, -0.15) is 0 Å². The minimum absolute atomic E-state index is 0.316. The van der Waals surface area contributed by atoms with Crippen molar-refractivity contribution in [2.24, 2.45) is 5.73 Å². The summed E-state index contributed by atoms with van der Waals surface area (Å²) in [5.74, 6) is 0. The summed E-state index contributed by atoms with van der Waals surface area (Å²) in [5, 5.41) is 3.12. The van der Waals surface area contributed by atoms with Gasteiger partial charge in [0, 0.05) is 31.6 Å². The summed E-state index contributed by atoms with van der Waals surface area (Å²) >= 11 is 1.65. The molecule has 4 nitrogen and oxygen atoms in total. The predicted octanol–water partition coefficient (Wildman–Crippen LogP) is 1.21. The summed E-state index contributed by atoms with van der Waals surface area (Å²) in [4.78, 5) is 6.88. The summed E-state index contributed by atoms with van der Waals surface area (Å²) in [6, 6.07) is 0. The van der Waals surface area contributed by atoms with Gasteiger partial charge in [0.1, 0.15) is 5.01 Å². The second-order valence-electron chi connectivity index (χ2n) is 4.39. The van der Waals surface area contributed by atoms with Crippen LogP contribution >= 0.6 is 11.3 Å². The highest BCUT2D eigenvalue weighted by atomic mass is 32.1. The molecular formula is C11H19N3OS. The highest BCUT2D eigenvalue weighted by molar-refractivity contribution is 7.09. The molecule has 1 saturated heterocycles. The maximum absolute atomic E-state index is 5.70. The molecule has 0 aliphatic carbocycles. The minimum Gasteiger partial charge on any atom is -0.373 e. The van der Waals surface area contributed by atoms with Gasteiger partial charge in [-0.1, -0.05) is 0 Å². The molecule has 16 heavy (non-hydrogen) atoms. The molecular weight excluding hydrogens is 222 g/mol. The Bertz CT molecular complexity index is 332. The van der Waals surface area contributed by atoms with E-state index in [2.05, 4.69) is 29.1 Å². The number of hydrogen-bond donors (Lipinski definition) is 1. The lowest BCUT2D eigenvalue weighted by molar-refractivity contribution is -0.0707. The maximum Gasteiger partial charge on any atom is 0.106 e. The van der Waals surface area contributed by atoms with E-state index in [1.807, 2.05) is 0 Å². The lowest BCUT2D eigenvalue weighted by Gasteiger charge is -2.34. The SMILES string of the molecule is C[C@@H]1CN(Cc2csc(CN)n2)C[C@H](C)O1. The number of ether oxygens (including phenoxy) is 1. The fourth-order valence-corrected chi connectivity index (χ4v) is 2.82. The van der Waals surface area contributed by atoms with Gasteiger partial charge in [0.05, 0.1) is 17.9 Å². The van der Waals surface area contributed by atoms with Crippen molar-refractivity contribution in [3.8, 4) is 0 Å². The number of nitrogens with zero attached hydrogens (tertiary/aromatic N) is 2. The lowest BCUT2D eigenvalue weighted by Crippen LogP contribution is -2.44. The molecule has 0 saturated carbocycles. The number of thiazole rings is 1. The Hall–Kier alpha value is -0.490. The van der Waals surface area contributed by atoms with Gasteiger partial charge in [-0.15, -0.1) is 11.3 Å². The summed E-state index contributed by atoms with van der Waals surface area (Å²) in [7, 11) is 0. The zero-order valence-corrected chi connectivity index (χ0v) is 10.7. The molecule has 0 spiro atoms. The van der Waals surface area contributed by atoms with E-state index in [1.54, 1.807) is 11.3 Å². The molecule has 1 aliphatic heterocycles. The van der Waals surface area contributed by atoms with Crippen LogP contribution in [0.5, 0.6) is 0 Å². The second-order valence-corrected chi connectivity index (χ2v) is 5.33. The number of rotatable bonds is 3. The van der Waals surface area contributed by atoms with Crippen LogP contribution in [0.25, 0.3) is 0 Å². The summed E-state index contributed by atoms with van der Waals surface area (Å²) in [6.45, 7) is 7.67. The molecule has 1 fully saturated rings. The number of aromatic nitrogens is 1. The first-order valence-corrected chi connectivity index (χ1v) is 6.56. The Labute approximate surface area is 100 Å². The minimum atomic E-state index is 0.316. The van der Waals surface area contributed by atoms with Gasteiger partial charge in [0.15, 0.2) is 0 Å². The molecule has 0 bridgehead atoms. The maximum atomic E-state index is 5.70. The molecule has 2 heterocycles. The molecule has 0 unspecified atom stereocenters. The van der Waals surface area contributed by atoms with Crippen LogP contribution in [-0.4, -0.2) is 35.2 Å². The molecule has 90 valence electrons. The van der Waals surface area contributed by atoms with Crippen LogP contribution in [0.2, 0.25) is 0 Å². The highest BCUT2D eigenvalue weighted by Gasteiger charge is 2.22. The third-order valence-electron chi connectivity index (χ3n) is 2.65. The summed E-state index contributed by atoms with van der Waals surface area (Å²) < 4.78 is 5.70. The Kier molecular flexibility index (Phi) is 3.91. The Morgan fingerprint density at radius 2 is 2.19 bits per heavy atom. The zero-order chi connectivity index (χ0) is 11.5. The van der Waals surface area contributed by atoms with Gasteiger partial charge in [-0.3, -0.25) is 4.90 Å². The van der Waals surface area contributed by atoms with Crippen LogP contribution < -0.4 is 5.73 Å². The van der Waals surface area contributed by atoms with Crippen molar-refractivity contribution >= 4 is 11.3 Å². The zero-order valence-electron chi connectivity index (χ0n) is 9.85. The summed E-state index contributed by atoms with van der Waals surface area (Å²) in [5.41, 5.74) is 6.69. The average Bonchev–Trinajstić information content (AvgIpc) is 2.64. The number of hydrogen-bond acceptors (Lipinski definition) is 5. The molecule has 1 aromatic rings. The van der Waals surface area contributed by atoms with E-state index in [-0.39, 0.29) is 0 Å². The van der Waals surface area contributed by atoms with Crippen molar-refractivity contribution in [3.63, 3.8) is 0 Å². The van der Waals surface area contributed by atoms with Crippen LogP contribution in [0, 0.1) is 0 Å². The largest absolute Gasteiger partial charge is 0.373 e. The second kappa shape index (κ2) is 5.23. The van der Waals surface area contributed by atoms with Gasteiger partial charge in [0.2, 0.25) is 0 Å². The van der Waals surface area contributed by atoms with Crippen molar-refractivity contribution in [2.45, 2.75) is 39.1 Å². The van der Waals surface area contributed by atoms with Crippen LogP contribution in [-0.2, 0) is 17.8 Å². The quantitative estimate of drug-likeness (QED) is 0.864. The molecule has 2 atom stereocenters. The molecule has 0 aromatic carbocycles. The van der Waals surface area contributed by atoms with Crippen molar-refractivity contribution in [3.05, 3.63) is 16.1 Å². The van der Waals surface area contributed by atoms with E-state index in [0.717, 1.165) is 30.3 Å². The lowest BCUT2D eigenvalue weighted by atomic mass is 10.2. The first kappa shape index (κ1) is 12.0. The van der Waals surface area contributed by atoms with E-state index < -0.39 is 0 Å². The average molecular weight is 241 g/mol. The molecule has 2 N–H and O–H groups in total. The number of nitrogens with two attached hydrogens (primary N) is 1. The van der Waals surface area contributed by atoms with Gasteiger partial charge >= 0.3 is 0 Å². The van der Waals surface area contributed by atoms with E-state index in [0.29, 0.717) is 18.8 Å².